The van der Waals surface area contributed by atoms with E-state index in [4.69, 9.17) is 0 Å². The van der Waals surface area contributed by atoms with Gasteiger partial charge < -0.3 is 5.32 Å². The van der Waals surface area contributed by atoms with Crippen molar-refractivity contribution >= 4 is 22.5 Å². The van der Waals surface area contributed by atoms with Gasteiger partial charge in [-0.25, -0.2) is 0 Å². The highest BCUT2D eigenvalue weighted by atomic mass is 19.4. The van der Waals surface area contributed by atoms with E-state index in [0.29, 0.717) is 37.7 Å². The number of fused-ring (bicyclic) bond motifs is 1. The van der Waals surface area contributed by atoms with E-state index < -0.39 is 17.8 Å². The number of benzene rings is 3. The first-order valence-electron chi connectivity index (χ1n) is 16.0. The molecule has 1 atom stereocenters. The maximum atomic E-state index is 13.5. The maximum absolute atomic E-state index is 13.5. The number of carbonyl (C=O) groups is 2. The van der Waals surface area contributed by atoms with Crippen LogP contribution in [0.2, 0.25) is 0 Å². The molecule has 0 spiro atoms. The Labute approximate surface area is 268 Å². The van der Waals surface area contributed by atoms with Gasteiger partial charge in [0.25, 0.3) is 5.91 Å². The second kappa shape index (κ2) is 14.8. The summed E-state index contributed by atoms with van der Waals surface area (Å²) in [6, 6.07) is 21.8. The van der Waals surface area contributed by atoms with E-state index in [1.165, 1.54) is 17.5 Å². The van der Waals surface area contributed by atoms with Crippen molar-refractivity contribution in [1.82, 2.24) is 10.6 Å². The van der Waals surface area contributed by atoms with Crippen molar-refractivity contribution in [3.63, 3.8) is 0 Å². The van der Waals surface area contributed by atoms with Gasteiger partial charge in [-0.05, 0) is 92.0 Å². The molecule has 3 aromatic rings. The molecule has 0 heterocycles. The fourth-order valence-electron chi connectivity index (χ4n) is 5.78. The van der Waals surface area contributed by atoms with Crippen molar-refractivity contribution in [2.75, 3.05) is 6.54 Å². The lowest BCUT2D eigenvalue weighted by atomic mass is 9.97. The minimum absolute atomic E-state index is 0.0186. The zero-order valence-electron chi connectivity index (χ0n) is 26.1. The minimum atomic E-state index is -4.49. The molecule has 7 heteroatoms. The highest BCUT2D eigenvalue weighted by Crippen LogP contribution is 2.46. The molecule has 2 N–H and O–H groups in total. The lowest BCUT2D eigenvalue weighted by Gasteiger charge is -2.20. The number of alkyl halides is 3. The van der Waals surface area contributed by atoms with Crippen molar-refractivity contribution in [3.8, 4) is 11.8 Å². The zero-order chi connectivity index (χ0) is 32.6. The van der Waals surface area contributed by atoms with Crippen LogP contribution in [0.4, 0.5) is 13.2 Å². The molecule has 1 amide bonds. The molecule has 4 nitrogen and oxygen atoms in total. The fourth-order valence-corrected chi connectivity index (χ4v) is 5.78. The monoisotopic (exact) mass is 624 g/mol. The van der Waals surface area contributed by atoms with Gasteiger partial charge in [-0.3, -0.25) is 14.9 Å². The predicted molar refractivity (Wildman–Crippen MR) is 177 cm³/mol. The maximum Gasteiger partial charge on any atom is 0.417 e. The molecule has 0 bridgehead atoms. The lowest BCUT2D eigenvalue weighted by molar-refractivity contribution is -0.120. The van der Waals surface area contributed by atoms with Crippen LogP contribution in [-0.4, -0.2) is 30.5 Å². The standard InChI is InChI=1S/C39H39F3N2O2/c1-28(43-26-12-18-31-16-4-2-3-5-20-35(31)39(40,41)42)36(45)21-11-9-15-30-14-8-10-19-34(30)37(46)44-38(24-25-38)33-23-22-29-13-6-7-17-32(29)27-33/h3,5-8,10,13-14,16-17,19-20,22-23,27-28,43H,2,4,9,11,15,21,24-26H2,1H3,(H,44,46)/b5-3+,31-16-,35-20+. The third-order valence-corrected chi connectivity index (χ3v) is 8.67. The number of unbranched alkanes of at least 4 members (excludes halogenated alkanes) is 1. The summed E-state index contributed by atoms with van der Waals surface area (Å²) >= 11 is 0. The molecule has 1 saturated carbocycles. The van der Waals surface area contributed by atoms with Crippen LogP contribution in [-0.2, 0) is 16.8 Å². The third-order valence-electron chi connectivity index (χ3n) is 8.67. The number of ketones is 1. The van der Waals surface area contributed by atoms with E-state index in [2.05, 4.69) is 52.8 Å². The average molecular weight is 625 g/mol. The summed E-state index contributed by atoms with van der Waals surface area (Å²) in [7, 11) is 0. The van der Waals surface area contributed by atoms with Crippen LogP contribution in [0.25, 0.3) is 10.8 Å². The van der Waals surface area contributed by atoms with Crippen molar-refractivity contribution in [2.24, 2.45) is 0 Å². The van der Waals surface area contributed by atoms with Gasteiger partial charge in [0.2, 0.25) is 0 Å². The molecule has 1 unspecified atom stereocenters. The Bertz CT molecular complexity index is 1730. The van der Waals surface area contributed by atoms with Crippen LogP contribution in [0.5, 0.6) is 0 Å². The van der Waals surface area contributed by atoms with Crippen molar-refractivity contribution in [1.29, 1.82) is 0 Å². The van der Waals surface area contributed by atoms with Gasteiger partial charge in [-0.15, -0.1) is 0 Å². The van der Waals surface area contributed by atoms with Gasteiger partial charge >= 0.3 is 6.18 Å². The van der Waals surface area contributed by atoms with Gasteiger partial charge in [-0.1, -0.05) is 84.7 Å². The highest BCUT2D eigenvalue weighted by Gasteiger charge is 2.46. The van der Waals surface area contributed by atoms with E-state index in [-0.39, 0.29) is 29.3 Å². The first-order valence-corrected chi connectivity index (χ1v) is 16.0. The number of hydrogen-bond acceptors (Lipinski definition) is 3. The molecule has 1 fully saturated rings. The molecular formula is C39H39F3N2O2. The summed E-state index contributed by atoms with van der Waals surface area (Å²) < 4.78 is 40.3. The normalized spacial score (nSPS) is 19.2. The van der Waals surface area contributed by atoms with Crippen molar-refractivity contribution in [2.45, 2.75) is 76.0 Å². The minimum Gasteiger partial charge on any atom is -0.343 e. The molecule has 2 aliphatic carbocycles. The molecule has 238 valence electrons. The Morgan fingerprint density at radius 2 is 1.72 bits per heavy atom. The second-order valence-electron chi connectivity index (χ2n) is 12.0. The predicted octanol–water partition coefficient (Wildman–Crippen LogP) is 8.29. The highest BCUT2D eigenvalue weighted by molar-refractivity contribution is 5.96. The van der Waals surface area contributed by atoms with Crippen LogP contribution < -0.4 is 10.6 Å². The first kappa shape index (κ1) is 33.0. The molecule has 2 aliphatic rings. The molecular weight excluding hydrogens is 585 g/mol. The second-order valence-corrected chi connectivity index (χ2v) is 12.0. The van der Waals surface area contributed by atoms with Crippen LogP contribution >= 0.6 is 0 Å². The summed E-state index contributed by atoms with van der Waals surface area (Å²) in [4.78, 5) is 26.2. The summed E-state index contributed by atoms with van der Waals surface area (Å²) in [5.74, 6) is 5.33. The molecule has 0 saturated heterocycles. The molecule has 46 heavy (non-hydrogen) atoms. The Morgan fingerprint density at radius 1 is 0.957 bits per heavy atom. The van der Waals surface area contributed by atoms with E-state index >= 15 is 0 Å². The van der Waals surface area contributed by atoms with Gasteiger partial charge in [0.15, 0.2) is 0 Å². The SMILES string of the molecule is CC(NCC#CC1=C/CC/C=C/C=C\1C(F)(F)F)C(=O)CCCCc1ccccc1C(=O)NC1(c2ccc3ccccc3c2)CC1. The Balaban J connectivity index is 1.09. The summed E-state index contributed by atoms with van der Waals surface area (Å²) in [6.07, 6.45) is 6.59. The van der Waals surface area contributed by atoms with Crippen molar-refractivity contribution in [3.05, 3.63) is 119 Å². The molecule has 5 rings (SSSR count). The number of amides is 1. The molecule has 0 radical (unpaired) electrons. The smallest absolute Gasteiger partial charge is 0.343 e. The topological polar surface area (TPSA) is 58.2 Å². The lowest BCUT2D eigenvalue weighted by Crippen LogP contribution is -2.35. The number of nitrogens with one attached hydrogen (secondary N) is 2. The molecule has 3 aromatic carbocycles. The van der Waals surface area contributed by atoms with Crippen LogP contribution in [0.3, 0.4) is 0 Å². The Kier molecular flexibility index (Phi) is 10.6. The van der Waals surface area contributed by atoms with Crippen LogP contribution in [0, 0.1) is 11.8 Å². The average Bonchev–Trinajstić information content (AvgIpc) is 3.81. The molecule has 0 aromatic heterocycles. The van der Waals surface area contributed by atoms with Gasteiger partial charge in [0.05, 0.1) is 23.7 Å². The van der Waals surface area contributed by atoms with Crippen molar-refractivity contribution < 1.29 is 22.8 Å². The number of carbonyl (C=O) groups excluding carboxylic acids is 2. The Morgan fingerprint density at radius 3 is 2.50 bits per heavy atom. The third kappa shape index (κ3) is 8.44. The van der Waals surface area contributed by atoms with Crippen LogP contribution in [0.1, 0.15) is 73.4 Å². The van der Waals surface area contributed by atoms with Crippen LogP contribution in [0.15, 0.2) is 102 Å². The number of rotatable bonds is 11. The summed E-state index contributed by atoms with van der Waals surface area (Å²) in [6.45, 7) is 1.85. The zero-order valence-corrected chi connectivity index (χ0v) is 26.1. The fraction of sp³-hybridized carbons (Fsp3) is 0.333. The Hall–Kier alpha value is -4.41. The van der Waals surface area contributed by atoms with E-state index in [9.17, 15) is 22.8 Å². The number of aryl methyl sites for hydroxylation is 1. The van der Waals surface area contributed by atoms with Gasteiger partial charge in [0.1, 0.15) is 5.78 Å². The number of allylic oxidation sites excluding steroid dienone is 6. The number of hydrogen-bond donors (Lipinski definition) is 2. The van der Waals surface area contributed by atoms with Gasteiger partial charge in [-0.2, -0.15) is 13.2 Å². The first-order chi connectivity index (χ1) is 22.2. The number of halogens is 3. The molecule has 0 aliphatic heterocycles. The van der Waals surface area contributed by atoms with E-state index in [0.717, 1.165) is 41.9 Å². The largest absolute Gasteiger partial charge is 0.417 e. The number of Topliss-reactive ketones (excluding diaryl/α,β-unsaturated/α-hetero) is 1. The summed E-state index contributed by atoms with van der Waals surface area (Å²) in [5, 5.41) is 8.66. The quantitative estimate of drug-likeness (QED) is 0.167. The van der Waals surface area contributed by atoms with E-state index in [1.807, 2.05) is 36.4 Å². The summed E-state index contributed by atoms with van der Waals surface area (Å²) in [5.41, 5.74) is 1.61. The van der Waals surface area contributed by atoms with Gasteiger partial charge in [0, 0.05) is 17.6 Å². The van der Waals surface area contributed by atoms with E-state index in [1.54, 1.807) is 13.0 Å².